The maximum Gasteiger partial charge on any atom is 0.235 e. The van der Waals surface area contributed by atoms with Crippen molar-refractivity contribution in [3.8, 4) is 0 Å². The number of carbonyl (C=O) groups excluding carboxylic acids is 1. The molecule has 1 aromatic carbocycles. The van der Waals surface area contributed by atoms with Crippen LogP contribution in [0.1, 0.15) is 0 Å². The van der Waals surface area contributed by atoms with E-state index in [1.54, 1.807) is 18.2 Å². The first-order valence-corrected chi connectivity index (χ1v) is 5.31. The van der Waals surface area contributed by atoms with Gasteiger partial charge in [-0.3, -0.25) is 4.79 Å². The molecular weight excluding hydrogens is 277 g/mol. The molecular formula is C8H6BrCl2NO. The Morgan fingerprint density at radius 2 is 1.85 bits per heavy atom. The quantitative estimate of drug-likeness (QED) is 0.829. The first-order valence-electron chi connectivity index (χ1n) is 3.43. The van der Waals surface area contributed by atoms with Gasteiger partial charge in [0.05, 0.1) is 5.33 Å². The minimum absolute atomic E-state index is 0.140. The van der Waals surface area contributed by atoms with Gasteiger partial charge in [-0.1, -0.05) is 39.1 Å². The molecule has 0 unspecified atom stereocenters. The second-order valence-corrected chi connectivity index (χ2v) is 3.77. The zero-order valence-electron chi connectivity index (χ0n) is 6.48. The fourth-order valence-electron chi connectivity index (χ4n) is 0.820. The van der Waals surface area contributed by atoms with Crippen molar-refractivity contribution in [2.24, 2.45) is 0 Å². The molecule has 0 radical (unpaired) electrons. The normalized spacial score (nSPS) is 9.77. The Morgan fingerprint density at radius 3 is 2.31 bits per heavy atom. The van der Waals surface area contributed by atoms with Crippen molar-refractivity contribution in [3.63, 3.8) is 0 Å². The Bertz CT molecular complexity index is 310. The molecule has 0 saturated heterocycles. The summed E-state index contributed by atoms with van der Waals surface area (Å²) in [5.74, 6) is -0.140. The van der Waals surface area contributed by atoms with Crippen molar-refractivity contribution in [2.45, 2.75) is 0 Å². The summed E-state index contributed by atoms with van der Waals surface area (Å²) in [5, 5.41) is 3.86. The molecule has 1 aromatic rings. The first kappa shape index (κ1) is 10.8. The molecule has 1 amide bonds. The molecule has 0 spiro atoms. The minimum Gasteiger partial charge on any atom is -0.325 e. The smallest absolute Gasteiger partial charge is 0.235 e. The van der Waals surface area contributed by atoms with E-state index in [4.69, 9.17) is 23.2 Å². The van der Waals surface area contributed by atoms with E-state index in [0.29, 0.717) is 15.7 Å². The molecule has 2 nitrogen and oxygen atoms in total. The highest BCUT2D eigenvalue weighted by atomic mass is 79.9. The number of anilines is 1. The predicted octanol–water partition coefficient (Wildman–Crippen LogP) is 3.33. The van der Waals surface area contributed by atoms with E-state index >= 15 is 0 Å². The van der Waals surface area contributed by atoms with E-state index in [1.165, 1.54) is 0 Å². The van der Waals surface area contributed by atoms with Crippen LogP contribution >= 0.6 is 39.1 Å². The van der Waals surface area contributed by atoms with Gasteiger partial charge in [-0.2, -0.15) is 0 Å². The van der Waals surface area contributed by atoms with E-state index in [-0.39, 0.29) is 11.2 Å². The van der Waals surface area contributed by atoms with Gasteiger partial charge >= 0.3 is 0 Å². The Kier molecular flexibility index (Phi) is 4.03. The van der Waals surface area contributed by atoms with Gasteiger partial charge in [0.15, 0.2) is 0 Å². The largest absolute Gasteiger partial charge is 0.325 e. The summed E-state index contributed by atoms with van der Waals surface area (Å²) in [6, 6.07) is 4.87. The van der Waals surface area contributed by atoms with E-state index in [9.17, 15) is 4.79 Å². The average molecular weight is 283 g/mol. The second kappa shape index (κ2) is 4.84. The lowest BCUT2D eigenvalue weighted by Gasteiger charge is -2.03. The summed E-state index contributed by atoms with van der Waals surface area (Å²) in [6.07, 6.45) is 0. The summed E-state index contributed by atoms with van der Waals surface area (Å²) in [7, 11) is 0. The molecule has 1 rings (SSSR count). The van der Waals surface area contributed by atoms with E-state index in [2.05, 4.69) is 21.2 Å². The van der Waals surface area contributed by atoms with Crippen molar-refractivity contribution < 1.29 is 4.79 Å². The number of carbonyl (C=O) groups is 1. The highest BCUT2D eigenvalue weighted by Gasteiger charge is 2.01. The van der Waals surface area contributed by atoms with Gasteiger partial charge in [0.25, 0.3) is 0 Å². The molecule has 5 heteroatoms. The third-order valence-corrected chi connectivity index (χ3v) is 2.21. The minimum atomic E-state index is -0.140. The summed E-state index contributed by atoms with van der Waals surface area (Å²) in [6.45, 7) is 0. The highest BCUT2D eigenvalue weighted by Crippen LogP contribution is 2.22. The van der Waals surface area contributed by atoms with E-state index in [0.717, 1.165) is 0 Å². The highest BCUT2D eigenvalue weighted by molar-refractivity contribution is 9.09. The van der Waals surface area contributed by atoms with Crippen LogP contribution in [0.15, 0.2) is 18.2 Å². The fourth-order valence-corrected chi connectivity index (χ4v) is 1.49. The van der Waals surface area contributed by atoms with Crippen LogP contribution in [-0.4, -0.2) is 11.2 Å². The van der Waals surface area contributed by atoms with Crippen molar-refractivity contribution in [1.29, 1.82) is 0 Å². The standard InChI is InChI=1S/C8H6BrCl2NO/c9-4-8(13)12-7-2-5(10)1-6(11)3-7/h1-3H,4H2,(H,12,13). The second-order valence-electron chi connectivity index (χ2n) is 2.34. The number of rotatable bonds is 2. The number of hydrogen-bond acceptors (Lipinski definition) is 1. The molecule has 0 fully saturated rings. The Hall–Kier alpha value is -0.250. The number of nitrogens with one attached hydrogen (secondary N) is 1. The molecule has 13 heavy (non-hydrogen) atoms. The molecule has 0 atom stereocenters. The Labute approximate surface area is 94.3 Å². The number of hydrogen-bond donors (Lipinski definition) is 1. The van der Waals surface area contributed by atoms with Gasteiger partial charge in [0.1, 0.15) is 0 Å². The molecule has 70 valence electrons. The fraction of sp³-hybridized carbons (Fsp3) is 0.125. The lowest BCUT2D eigenvalue weighted by Crippen LogP contribution is -2.12. The number of halogens is 3. The van der Waals surface area contributed by atoms with Crippen LogP contribution in [0, 0.1) is 0 Å². The molecule has 0 aliphatic carbocycles. The molecule has 1 N–H and O–H groups in total. The average Bonchev–Trinajstić information content (AvgIpc) is 2.02. The van der Waals surface area contributed by atoms with Crippen LogP contribution in [0.5, 0.6) is 0 Å². The van der Waals surface area contributed by atoms with Gasteiger partial charge in [-0.15, -0.1) is 0 Å². The van der Waals surface area contributed by atoms with Gasteiger partial charge in [0.2, 0.25) is 5.91 Å². The van der Waals surface area contributed by atoms with Gasteiger partial charge in [0, 0.05) is 15.7 Å². The van der Waals surface area contributed by atoms with E-state index in [1.807, 2.05) is 0 Å². The molecule has 0 aromatic heterocycles. The predicted molar refractivity (Wildman–Crippen MR) is 58.9 cm³/mol. The Balaban J connectivity index is 2.83. The zero-order valence-corrected chi connectivity index (χ0v) is 9.58. The number of amides is 1. The van der Waals surface area contributed by atoms with Crippen molar-refractivity contribution in [1.82, 2.24) is 0 Å². The van der Waals surface area contributed by atoms with Crippen LogP contribution < -0.4 is 5.32 Å². The van der Waals surface area contributed by atoms with Crippen LogP contribution in [0.2, 0.25) is 10.0 Å². The SMILES string of the molecule is O=C(CBr)Nc1cc(Cl)cc(Cl)c1. The summed E-state index contributed by atoms with van der Waals surface area (Å²) in [4.78, 5) is 11.0. The van der Waals surface area contributed by atoms with Crippen molar-refractivity contribution >= 4 is 50.7 Å². The third-order valence-electron chi connectivity index (χ3n) is 1.27. The van der Waals surface area contributed by atoms with Crippen molar-refractivity contribution in [2.75, 3.05) is 10.6 Å². The monoisotopic (exact) mass is 281 g/mol. The number of benzene rings is 1. The van der Waals surface area contributed by atoms with E-state index < -0.39 is 0 Å². The lowest BCUT2D eigenvalue weighted by atomic mass is 10.3. The summed E-state index contributed by atoms with van der Waals surface area (Å²) < 4.78 is 0. The van der Waals surface area contributed by atoms with Crippen LogP contribution in [0.25, 0.3) is 0 Å². The van der Waals surface area contributed by atoms with Crippen LogP contribution in [0.4, 0.5) is 5.69 Å². The molecule has 0 aliphatic heterocycles. The third kappa shape index (κ3) is 3.55. The lowest BCUT2D eigenvalue weighted by molar-refractivity contribution is -0.113. The molecule has 0 saturated carbocycles. The van der Waals surface area contributed by atoms with Crippen LogP contribution in [0.3, 0.4) is 0 Å². The number of alkyl halides is 1. The van der Waals surface area contributed by atoms with Crippen molar-refractivity contribution in [3.05, 3.63) is 28.2 Å². The van der Waals surface area contributed by atoms with Crippen LogP contribution in [-0.2, 0) is 4.79 Å². The summed E-state index contributed by atoms with van der Waals surface area (Å²) in [5.41, 5.74) is 0.599. The van der Waals surface area contributed by atoms with Gasteiger partial charge in [-0.05, 0) is 18.2 Å². The summed E-state index contributed by atoms with van der Waals surface area (Å²) >= 11 is 14.5. The molecule has 0 heterocycles. The van der Waals surface area contributed by atoms with Gasteiger partial charge in [-0.25, -0.2) is 0 Å². The Morgan fingerprint density at radius 1 is 1.31 bits per heavy atom. The maximum absolute atomic E-state index is 11.0. The first-order chi connectivity index (χ1) is 6.11. The topological polar surface area (TPSA) is 29.1 Å². The maximum atomic E-state index is 11.0. The van der Waals surface area contributed by atoms with Gasteiger partial charge < -0.3 is 5.32 Å². The zero-order chi connectivity index (χ0) is 9.84. The molecule has 0 aliphatic rings. The molecule has 0 bridgehead atoms.